The van der Waals surface area contributed by atoms with Crippen molar-refractivity contribution in [3.63, 3.8) is 0 Å². The van der Waals surface area contributed by atoms with Crippen LogP contribution < -0.4 is 15.4 Å². The van der Waals surface area contributed by atoms with Crippen LogP contribution in [0.1, 0.15) is 12.5 Å². The third-order valence-electron chi connectivity index (χ3n) is 3.32. The molecule has 1 aromatic carbocycles. The molecule has 1 aliphatic rings. The minimum Gasteiger partial charge on any atom is -0.493 e. The first-order valence-electron chi connectivity index (χ1n) is 7.53. The van der Waals surface area contributed by atoms with E-state index in [2.05, 4.69) is 20.9 Å². The van der Waals surface area contributed by atoms with E-state index in [-0.39, 0.29) is 24.9 Å². The summed E-state index contributed by atoms with van der Waals surface area (Å²) in [5, 5.41) is 12.7. The lowest BCUT2D eigenvalue weighted by Gasteiger charge is -2.06. The second-order valence-corrected chi connectivity index (χ2v) is 5.12. The van der Waals surface area contributed by atoms with Crippen LogP contribution in [0, 0.1) is 0 Å². The maximum Gasteiger partial charge on any atom is 0.412 e. The fourth-order valence-electron chi connectivity index (χ4n) is 2.32. The van der Waals surface area contributed by atoms with Crippen molar-refractivity contribution < 1.29 is 19.1 Å². The summed E-state index contributed by atoms with van der Waals surface area (Å²) in [4.78, 5) is 23.4. The molecule has 9 heteroatoms. The molecule has 0 bridgehead atoms. The number of carbonyl (C=O) groups excluding carboxylic acids is 2. The molecule has 24 heavy (non-hydrogen) atoms. The van der Waals surface area contributed by atoms with E-state index < -0.39 is 6.09 Å². The highest BCUT2D eigenvalue weighted by Gasteiger charge is 2.13. The average molecular weight is 331 g/mol. The smallest absolute Gasteiger partial charge is 0.412 e. The molecule has 2 amide bonds. The van der Waals surface area contributed by atoms with E-state index in [1.807, 2.05) is 12.1 Å². The zero-order valence-electron chi connectivity index (χ0n) is 13.1. The van der Waals surface area contributed by atoms with Crippen LogP contribution in [-0.2, 0) is 22.5 Å². The molecule has 9 nitrogen and oxygen atoms in total. The molecule has 1 aromatic heterocycles. The number of benzene rings is 1. The number of hydrogen-bond acceptors (Lipinski definition) is 6. The fraction of sp³-hybridized carbons (Fsp3) is 0.333. The molecule has 2 N–H and O–H groups in total. The first-order valence-corrected chi connectivity index (χ1v) is 7.53. The van der Waals surface area contributed by atoms with E-state index in [4.69, 9.17) is 9.47 Å². The van der Waals surface area contributed by atoms with Gasteiger partial charge in [0.1, 0.15) is 12.3 Å². The topological polar surface area (TPSA) is 107 Å². The lowest BCUT2D eigenvalue weighted by Crippen LogP contribution is -2.19. The average Bonchev–Trinajstić information content (AvgIpc) is 3.16. The fourth-order valence-corrected chi connectivity index (χ4v) is 2.32. The Morgan fingerprint density at radius 1 is 1.38 bits per heavy atom. The van der Waals surface area contributed by atoms with Crippen molar-refractivity contribution in [2.24, 2.45) is 0 Å². The second kappa shape index (κ2) is 6.99. The summed E-state index contributed by atoms with van der Waals surface area (Å²) in [5.74, 6) is 0.830. The lowest BCUT2D eigenvalue weighted by molar-refractivity contribution is -0.116. The first kappa shape index (κ1) is 15.8. The zero-order valence-corrected chi connectivity index (χ0v) is 13.1. The van der Waals surface area contributed by atoms with E-state index in [0.717, 1.165) is 17.7 Å². The van der Waals surface area contributed by atoms with Gasteiger partial charge in [0.05, 0.1) is 19.4 Å². The van der Waals surface area contributed by atoms with Crippen LogP contribution >= 0.6 is 0 Å². The first-order chi connectivity index (χ1) is 11.6. The predicted octanol–water partition coefficient (Wildman–Crippen LogP) is 1.42. The third kappa shape index (κ3) is 3.80. The minimum absolute atomic E-state index is 0.0227. The molecule has 0 saturated heterocycles. The SMILES string of the molecule is CCOC(=O)Nc1cn(CC(=O)Nc2ccc3c(c2)CCO3)nn1. The number of carbonyl (C=O) groups is 2. The maximum absolute atomic E-state index is 12.1. The Morgan fingerprint density at radius 2 is 2.25 bits per heavy atom. The number of fused-ring (bicyclic) bond motifs is 1. The van der Waals surface area contributed by atoms with Crippen LogP contribution in [0.4, 0.5) is 16.3 Å². The van der Waals surface area contributed by atoms with Crippen LogP contribution in [0.15, 0.2) is 24.4 Å². The number of nitrogens with one attached hydrogen (secondary N) is 2. The molecular formula is C15H17N5O4. The summed E-state index contributed by atoms with van der Waals surface area (Å²) in [6, 6.07) is 5.53. The van der Waals surface area contributed by atoms with Crippen molar-refractivity contribution >= 4 is 23.5 Å². The van der Waals surface area contributed by atoms with Crippen LogP contribution in [0.3, 0.4) is 0 Å². The van der Waals surface area contributed by atoms with Gasteiger partial charge in [-0.15, -0.1) is 5.10 Å². The van der Waals surface area contributed by atoms with Gasteiger partial charge in [0.25, 0.3) is 0 Å². The number of amides is 2. The van der Waals surface area contributed by atoms with Crippen molar-refractivity contribution in [1.82, 2.24) is 15.0 Å². The Hall–Kier alpha value is -3.10. The molecule has 0 unspecified atom stereocenters. The van der Waals surface area contributed by atoms with Crippen LogP contribution in [0.5, 0.6) is 5.75 Å². The van der Waals surface area contributed by atoms with Crippen LogP contribution in [0.25, 0.3) is 0 Å². The Kier molecular flexibility index (Phi) is 4.59. The van der Waals surface area contributed by atoms with Crippen molar-refractivity contribution in [1.29, 1.82) is 0 Å². The molecule has 126 valence electrons. The molecule has 0 spiro atoms. The van der Waals surface area contributed by atoms with E-state index >= 15 is 0 Å². The van der Waals surface area contributed by atoms with Gasteiger partial charge in [0.15, 0.2) is 5.82 Å². The summed E-state index contributed by atoms with van der Waals surface area (Å²) in [5.41, 5.74) is 1.78. The molecule has 0 saturated carbocycles. The molecule has 0 radical (unpaired) electrons. The standard InChI is InChI=1S/C15H17N5O4/c1-2-23-15(22)17-13-8-20(19-18-13)9-14(21)16-11-3-4-12-10(7-11)5-6-24-12/h3-4,7-8H,2,5-6,9H2,1H3,(H,16,21)(H,17,22). The van der Waals surface area contributed by atoms with E-state index in [9.17, 15) is 9.59 Å². The highest BCUT2D eigenvalue weighted by atomic mass is 16.5. The molecule has 0 aliphatic carbocycles. The number of hydrogen-bond donors (Lipinski definition) is 2. The molecule has 0 fully saturated rings. The van der Waals surface area contributed by atoms with Gasteiger partial charge in [0.2, 0.25) is 5.91 Å². The van der Waals surface area contributed by atoms with Gasteiger partial charge in [-0.05, 0) is 30.7 Å². The van der Waals surface area contributed by atoms with E-state index in [0.29, 0.717) is 12.3 Å². The van der Waals surface area contributed by atoms with Gasteiger partial charge in [-0.3, -0.25) is 10.1 Å². The summed E-state index contributed by atoms with van der Waals surface area (Å²) < 4.78 is 11.5. The van der Waals surface area contributed by atoms with Gasteiger partial charge >= 0.3 is 6.09 Å². The summed E-state index contributed by atoms with van der Waals surface area (Å²) in [6.45, 7) is 2.60. The van der Waals surface area contributed by atoms with Gasteiger partial charge in [-0.2, -0.15) is 0 Å². The molecule has 2 heterocycles. The number of aromatic nitrogens is 3. The Morgan fingerprint density at radius 3 is 3.08 bits per heavy atom. The van der Waals surface area contributed by atoms with Crippen LogP contribution in [-0.4, -0.2) is 40.2 Å². The largest absolute Gasteiger partial charge is 0.493 e. The Labute approximate surface area is 137 Å². The van der Waals surface area contributed by atoms with Crippen molar-refractivity contribution in [2.45, 2.75) is 19.9 Å². The highest BCUT2D eigenvalue weighted by molar-refractivity contribution is 5.90. The van der Waals surface area contributed by atoms with E-state index in [1.54, 1.807) is 13.0 Å². The highest BCUT2D eigenvalue weighted by Crippen LogP contribution is 2.27. The van der Waals surface area contributed by atoms with Crippen molar-refractivity contribution in [2.75, 3.05) is 23.8 Å². The molecule has 1 aliphatic heterocycles. The normalized spacial score (nSPS) is 12.2. The van der Waals surface area contributed by atoms with Gasteiger partial charge in [-0.25, -0.2) is 9.48 Å². The molecular weight excluding hydrogens is 314 g/mol. The van der Waals surface area contributed by atoms with Crippen molar-refractivity contribution in [3.8, 4) is 5.75 Å². The summed E-state index contributed by atoms with van der Waals surface area (Å²) >= 11 is 0. The second-order valence-electron chi connectivity index (χ2n) is 5.12. The quantitative estimate of drug-likeness (QED) is 0.858. The maximum atomic E-state index is 12.1. The lowest BCUT2D eigenvalue weighted by atomic mass is 10.1. The zero-order chi connectivity index (χ0) is 16.9. The summed E-state index contributed by atoms with van der Waals surface area (Å²) in [6.07, 6.45) is 1.67. The third-order valence-corrected chi connectivity index (χ3v) is 3.32. The van der Waals surface area contributed by atoms with Gasteiger partial charge < -0.3 is 14.8 Å². The number of anilines is 2. The Bertz CT molecular complexity index is 758. The van der Waals surface area contributed by atoms with Crippen molar-refractivity contribution in [3.05, 3.63) is 30.0 Å². The monoisotopic (exact) mass is 331 g/mol. The van der Waals surface area contributed by atoms with Gasteiger partial charge in [-0.1, -0.05) is 5.21 Å². The predicted molar refractivity (Wildman–Crippen MR) is 84.9 cm³/mol. The minimum atomic E-state index is -0.616. The number of rotatable bonds is 5. The van der Waals surface area contributed by atoms with E-state index in [1.165, 1.54) is 10.9 Å². The molecule has 0 atom stereocenters. The molecule has 3 rings (SSSR count). The number of nitrogens with zero attached hydrogens (tertiary/aromatic N) is 3. The molecule has 2 aromatic rings. The van der Waals surface area contributed by atoms with Gasteiger partial charge in [0, 0.05) is 12.1 Å². The summed E-state index contributed by atoms with van der Waals surface area (Å²) in [7, 11) is 0. The Balaban J connectivity index is 1.55. The number of ether oxygens (including phenoxy) is 2. The van der Waals surface area contributed by atoms with Crippen LogP contribution in [0.2, 0.25) is 0 Å².